The zero-order valence-electron chi connectivity index (χ0n) is 45.8. The number of nitrogens with zero attached hydrogens (tertiary/aromatic N) is 6. The molecule has 0 saturated carbocycles. The van der Waals surface area contributed by atoms with Crippen molar-refractivity contribution >= 4 is 63.0 Å². The van der Waals surface area contributed by atoms with Crippen LogP contribution in [0.25, 0.3) is 33.3 Å². The SMILES string of the molecule is CCC1=C(C)c2cc3nc(cc4[nH]c(c5c6[nH]c(cc1n2)c(C)c6C(=O)N(CCN1CCOCC1)C5=O)[C@@H](CCC(=O)N(C)CCNC(=O)OC(C)(C)C)[C@@H]4C)C(C)=C3/C=C/C(=O)N(C)CCOCCOCCOC. The van der Waals surface area contributed by atoms with Crippen LogP contribution in [0.2, 0.25) is 0 Å². The summed E-state index contributed by atoms with van der Waals surface area (Å²) in [5.41, 5.74) is 9.62. The second-order valence-corrected chi connectivity index (χ2v) is 20.7. The summed E-state index contributed by atoms with van der Waals surface area (Å²) in [4.78, 5) is 94.4. The second kappa shape index (κ2) is 25.1. The molecule has 75 heavy (non-hydrogen) atoms. The van der Waals surface area contributed by atoms with E-state index in [1.807, 2.05) is 39.0 Å². The zero-order chi connectivity index (χ0) is 54.1. The second-order valence-electron chi connectivity index (χ2n) is 20.7. The number of nitrogens with one attached hydrogen (secondary N) is 3. The smallest absolute Gasteiger partial charge is 0.407 e. The number of alkyl carbamates (subject to hydrolysis) is 1. The number of imide groups is 1. The van der Waals surface area contributed by atoms with Crippen LogP contribution in [0.1, 0.15) is 140 Å². The minimum absolute atomic E-state index is 0.136. The van der Waals surface area contributed by atoms with E-state index in [-0.39, 0.29) is 55.6 Å². The highest BCUT2D eigenvalue weighted by Crippen LogP contribution is 2.45. The number of H-pyrrole nitrogens is 2. The van der Waals surface area contributed by atoms with Crippen LogP contribution in [-0.2, 0) is 33.3 Å². The molecule has 0 aromatic carbocycles. The molecular formula is C56H77N9O10. The summed E-state index contributed by atoms with van der Waals surface area (Å²) in [5.74, 6) is -1.76. The molecule has 2 aromatic heterocycles. The maximum Gasteiger partial charge on any atom is 0.407 e. The van der Waals surface area contributed by atoms with E-state index < -0.39 is 17.6 Å². The predicted octanol–water partition coefficient (Wildman–Crippen LogP) is 6.89. The summed E-state index contributed by atoms with van der Waals surface area (Å²) in [7, 11) is 5.06. The van der Waals surface area contributed by atoms with E-state index in [9.17, 15) is 19.2 Å². The van der Waals surface area contributed by atoms with E-state index in [0.29, 0.717) is 130 Å². The van der Waals surface area contributed by atoms with Crippen LogP contribution in [0, 0.1) is 6.92 Å². The minimum Gasteiger partial charge on any atom is -0.444 e. The third-order valence-electron chi connectivity index (χ3n) is 14.5. The number of likely N-dealkylation sites (N-methyl/N-ethyl adjacent to an activating group) is 2. The summed E-state index contributed by atoms with van der Waals surface area (Å²) in [5, 5.41) is 2.73. The average Bonchev–Trinajstić information content (AvgIpc) is 4.05. The van der Waals surface area contributed by atoms with Gasteiger partial charge in [0.25, 0.3) is 11.8 Å². The molecule has 8 bridgehead atoms. The molecular weight excluding hydrogens is 959 g/mol. The number of carbonyl (C=O) groups is 5. The highest BCUT2D eigenvalue weighted by molar-refractivity contribution is 6.23. The molecule has 5 amide bonds. The highest BCUT2D eigenvalue weighted by atomic mass is 16.6. The van der Waals surface area contributed by atoms with Gasteiger partial charge in [0.05, 0.1) is 85.7 Å². The maximum absolute atomic E-state index is 15.3. The van der Waals surface area contributed by atoms with E-state index in [4.69, 9.17) is 33.7 Å². The molecule has 1 saturated heterocycles. The Morgan fingerprint density at radius 3 is 2.24 bits per heavy atom. The number of aromatic nitrogens is 4. The largest absolute Gasteiger partial charge is 0.444 e. The Bertz CT molecular complexity index is 2790. The van der Waals surface area contributed by atoms with Crippen molar-refractivity contribution in [2.75, 3.05) is 113 Å². The number of amides is 5. The Kier molecular flexibility index (Phi) is 18.9. The van der Waals surface area contributed by atoms with Crippen molar-refractivity contribution in [2.24, 2.45) is 0 Å². The van der Waals surface area contributed by atoms with Gasteiger partial charge in [0.2, 0.25) is 11.8 Å². The van der Waals surface area contributed by atoms with Crippen molar-refractivity contribution in [3.05, 3.63) is 81.2 Å². The molecule has 7 rings (SSSR count). The van der Waals surface area contributed by atoms with Crippen LogP contribution in [0.15, 0.2) is 30.4 Å². The quantitative estimate of drug-likeness (QED) is 0.0661. The molecule has 5 aliphatic rings. The van der Waals surface area contributed by atoms with E-state index in [0.717, 1.165) is 39.4 Å². The molecule has 19 nitrogen and oxygen atoms in total. The summed E-state index contributed by atoms with van der Waals surface area (Å²) >= 11 is 0. The van der Waals surface area contributed by atoms with Crippen LogP contribution in [-0.4, -0.2) is 188 Å². The zero-order valence-corrected chi connectivity index (χ0v) is 45.8. The standard InChI is InChI=1S/C56H77N9O10/c1-12-38-34(2)42-32-46-39(13-15-48(67)63(10)21-24-73-29-30-74-28-27-71-11)35(3)41(59-46)31-43-36(4)40(14-16-47(66)62(9)18-17-57-55(70)75-56(6,7)8)51(60-43)50-52-49(37(5)44(61-52)33-45(38)58-42)53(68)65(54(50)69)20-19-64-22-25-72-26-23-64/h13,15,31-33,36,40,60-61H,12,14,16-30H2,1-11H3,(H,57,70)/b15-13+,43-31?,45-33?,46-32?,51-50?/t36-,40-/m0/s1. The number of morpholine rings is 1. The van der Waals surface area contributed by atoms with Gasteiger partial charge in [-0.1, -0.05) is 13.8 Å². The molecule has 1 fully saturated rings. The third kappa shape index (κ3) is 13.4. The van der Waals surface area contributed by atoms with Gasteiger partial charge in [-0.25, -0.2) is 14.8 Å². The van der Waals surface area contributed by atoms with E-state index in [1.54, 1.807) is 63.9 Å². The first-order valence-corrected chi connectivity index (χ1v) is 26.2. The fraction of sp³-hybridized carbons (Fsp3) is 0.554. The first-order chi connectivity index (χ1) is 35.8. The van der Waals surface area contributed by atoms with Crippen LogP contribution in [0.3, 0.4) is 0 Å². The van der Waals surface area contributed by atoms with Gasteiger partial charge in [0, 0.05) is 114 Å². The molecule has 7 heterocycles. The van der Waals surface area contributed by atoms with Crippen molar-refractivity contribution in [1.82, 2.24) is 44.9 Å². The van der Waals surface area contributed by atoms with Crippen molar-refractivity contribution < 1.29 is 47.7 Å². The van der Waals surface area contributed by atoms with Gasteiger partial charge in [0.15, 0.2) is 0 Å². The lowest BCUT2D eigenvalue weighted by Gasteiger charge is -2.31. The van der Waals surface area contributed by atoms with Gasteiger partial charge >= 0.3 is 6.09 Å². The number of aryl methyl sites for hydroxylation is 1. The number of rotatable bonds is 21. The molecule has 3 N–H and O–H groups in total. The maximum atomic E-state index is 15.3. The number of allylic oxidation sites excluding steroid dienone is 5. The fourth-order valence-electron chi connectivity index (χ4n) is 9.94. The Hall–Kier alpha value is -6.25. The molecule has 19 heteroatoms. The predicted molar refractivity (Wildman–Crippen MR) is 287 cm³/mol. The number of methoxy groups -OCH3 is 1. The first-order valence-electron chi connectivity index (χ1n) is 26.2. The summed E-state index contributed by atoms with van der Waals surface area (Å²) in [6.07, 6.45) is 3.97. The summed E-state index contributed by atoms with van der Waals surface area (Å²) < 4.78 is 27.2. The topological polar surface area (TPSA) is 214 Å². The van der Waals surface area contributed by atoms with Gasteiger partial charge in [-0.05, 0) is 101 Å². The molecule has 5 aliphatic heterocycles. The monoisotopic (exact) mass is 1040 g/mol. The lowest BCUT2D eigenvalue weighted by molar-refractivity contribution is -0.130. The van der Waals surface area contributed by atoms with Gasteiger partial charge in [0.1, 0.15) is 5.60 Å². The Labute approximate surface area is 440 Å². The van der Waals surface area contributed by atoms with Crippen LogP contribution in [0.5, 0.6) is 0 Å². The van der Waals surface area contributed by atoms with Gasteiger partial charge < -0.3 is 48.8 Å². The van der Waals surface area contributed by atoms with Crippen molar-refractivity contribution in [2.45, 2.75) is 92.1 Å². The minimum atomic E-state index is -0.659. The van der Waals surface area contributed by atoms with Crippen molar-refractivity contribution in [3.8, 4) is 0 Å². The Morgan fingerprint density at radius 2 is 1.53 bits per heavy atom. The van der Waals surface area contributed by atoms with E-state index in [2.05, 4.69) is 34.0 Å². The van der Waals surface area contributed by atoms with Crippen LogP contribution >= 0.6 is 0 Å². The van der Waals surface area contributed by atoms with Gasteiger partial charge in [-0.15, -0.1) is 0 Å². The first kappa shape index (κ1) is 56.5. The molecule has 0 unspecified atom stereocenters. The van der Waals surface area contributed by atoms with Crippen LogP contribution < -0.4 is 5.32 Å². The van der Waals surface area contributed by atoms with Gasteiger partial charge in [-0.2, -0.15) is 0 Å². The highest BCUT2D eigenvalue weighted by Gasteiger charge is 2.41. The van der Waals surface area contributed by atoms with Crippen molar-refractivity contribution in [1.29, 1.82) is 0 Å². The fourth-order valence-corrected chi connectivity index (χ4v) is 9.94. The Morgan fingerprint density at radius 1 is 0.853 bits per heavy atom. The third-order valence-corrected chi connectivity index (χ3v) is 14.5. The molecule has 0 spiro atoms. The molecule has 0 aliphatic carbocycles. The molecule has 2 aromatic rings. The lowest BCUT2D eigenvalue weighted by atomic mass is 9.84. The van der Waals surface area contributed by atoms with E-state index in [1.165, 1.54) is 4.90 Å². The number of hydrogen-bond acceptors (Lipinski definition) is 13. The number of hydrogen-bond donors (Lipinski definition) is 3. The molecule has 406 valence electrons. The summed E-state index contributed by atoms with van der Waals surface area (Å²) in [6, 6.07) is 5.92. The number of aromatic amines is 2. The number of carbonyl (C=O) groups excluding carboxylic acids is 5. The van der Waals surface area contributed by atoms with E-state index >= 15 is 4.79 Å². The normalized spacial score (nSPS) is 17.6. The van der Waals surface area contributed by atoms with Crippen molar-refractivity contribution in [3.63, 3.8) is 0 Å². The van der Waals surface area contributed by atoms with Crippen LogP contribution in [0.4, 0.5) is 4.79 Å². The molecule has 2 atom stereocenters. The van der Waals surface area contributed by atoms with Gasteiger partial charge in [-0.3, -0.25) is 29.0 Å². The lowest BCUT2D eigenvalue weighted by Crippen LogP contribution is -2.47. The summed E-state index contributed by atoms with van der Waals surface area (Å²) in [6.45, 7) is 21.7. The Balaban J connectivity index is 1.31. The molecule has 0 radical (unpaired) electrons. The average molecular weight is 1040 g/mol. The number of ether oxygens (including phenoxy) is 5. The number of fused-ring (bicyclic) bond motifs is 8.